The standard InChI is InChI=1S/C14H28N2O3.Na/c1-2-3-4-5-6-8-11-15-14(19)16-12-9-7-10-13(17)18;/h2-12H2,1H3,(H,17,18)(H2,15,16,19);/q;+1/p-1. The Morgan fingerprint density at radius 3 is 1.90 bits per heavy atom. The van der Waals surface area contributed by atoms with E-state index in [2.05, 4.69) is 17.6 Å². The van der Waals surface area contributed by atoms with Gasteiger partial charge in [-0.3, -0.25) is 0 Å². The van der Waals surface area contributed by atoms with Gasteiger partial charge in [0.05, 0.1) is 0 Å². The number of rotatable bonds is 12. The van der Waals surface area contributed by atoms with Crippen LogP contribution in [0.15, 0.2) is 0 Å². The number of hydrogen-bond donors (Lipinski definition) is 2. The van der Waals surface area contributed by atoms with Crippen LogP contribution in [0, 0.1) is 0 Å². The van der Waals surface area contributed by atoms with Gasteiger partial charge in [0, 0.05) is 19.1 Å². The first-order valence-corrected chi connectivity index (χ1v) is 7.38. The van der Waals surface area contributed by atoms with Crippen molar-refractivity contribution in [2.75, 3.05) is 13.1 Å². The van der Waals surface area contributed by atoms with Crippen molar-refractivity contribution < 1.29 is 44.3 Å². The summed E-state index contributed by atoms with van der Waals surface area (Å²) in [7, 11) is 0. The molecular formula is C14H27N2NaO3. The van der Waals surface area contributed by atoms with E-state index in [-0.39, 0.29) is 42.0 Å². The van der Waals surface area contributed by atoms with Crippen molar-refractivity contribution in [3.05, 3.63) is 0 Å². The minimum absolute atomic E-state index is 0. The number of nitrogens with one attached hydrogen (secondary N) is 2. The zero-order valence-electron chi connectivity index (χ0n) is 13.0. The molecule has 0 rings (SSSR count). The molecule has 2 amide bonds. The molecule has 0 aliphatic rings. The number of urea groups is 1. The molecule has 0 unspecified atom stereocenters. The Morgan fingerprint density at radius 1 is 0.850 bits per heavy atom. The summed E-state index contributed by atoms with van der Waals surface area (Å²) >= 11 is 0. The van der Waals surface area contributed by atoms with Gasteiger partial charge in [-0.25, -0.2) is 4.79 Å². The van der Waals surface area contributed by atoms with E-state index in [1.807, 2.05) is 0 Å². The van der Waals surface area contributed by atoms with E-state index in [0.29, 0.717) is 25.9 Å². The number of aliphatic carboxylic acids is 1. The smallest absolute Gasteiger partial charge is 0.550 e. The van der Waals surface area contributed by atoms with Gasteiger partial charge >= 0.3 is 35.6 Å². The first-order chi connectivity index (χ1) is 9.16. The molecule has 5 nitrogen and oxygen atoms in total. The molecule has 0 bridgehead atoms. The minimum Gasteiger partial charge on any atom is -0.550 e. The number of carbonyl (C=O) groups excluding carboxylic acids is 2. The SMILES string of the molecule is CCCCCCCCNC(=O)NCCCCC(=O)[O-].[Na+]. The van der Waals surface area contributed by atoms with Gasteiger partial charge in [0.2, 0.25) is 0 Å². The Kier molecular flexibility index (Phi) is 18.5. The second-order valence-corrected chi connectivity index (χ2v) is 4.78. The Morgan fingerprint density at radius 2 is 1.35 bits per heavy atom. The molecule has 0 aromatic rings. The first-order valence-electron chi connectivity index (χ1n) is 7.38. The molecule has 0 aromatic heterocycles. The van der Waals surface area contributed by atoms with E-state index in [4.69, 9.17) is 0 Å². The normalized spacial score (nSPS) is 9.65. The molecule has 0 fully saturated rings. The van der Waals surface area contributed by atoms with Gasteiger partial charge < -0.3 is 20.5 Å². The fraction of sp³-hybridized carbons (Fsp3) is 0.857. The van der Waals surface area contributed by atoms with Crippen LogP contribution in [0.1, 0.15) is 64.7 Å². The average Bonchev–Trinajstić information content (AvgIpc) is 2.37. The van der Waals surface area contributed by atoms with Crippen molar-refractivity contribution in [1.29, 1.82) is 0 Å². The molecule has 0 aliphatic heterocycles. The van der Waals surface area contributed by atoms with E-state index in [1.54, 1.807) is 0 Å². The fourth-order valence-corrected chi connectivity index (χ4v) is 1.77. The van der Waals surface area contributed by atoms with E-state index >= 15 is 0 Å². The van der Waals surface area contributed by atoms with E-state index in [0.717, 1.165) is 12.8 Å². The monoisotopic (exact) mass is 294 g/mol. The van der Waals surface area contributed by atoms with E-state index in [1.165, 1.54) is 25.7 Å². The van der Waals surface area contributed by atoms with Crippen LogP contribution in [0.3, 0.4) is 0 Å². The molecule has 0 aliphatic carbocycles. The molecular weight excluding hydrogens is 267 g/mol. The first kappa shape index (κ1) is 22.0. The van der Waals surface area contributed by atoms with Crippen LogP contribution < -0.4 is 45.3 Å². The molecule has 20 heavy (non-hydrogen) atoms. The van der Waals surface area contributed by atoms with Gasteiger partial charge in [-0.1, -0.05) is 39.0 Å². The Labute approximate surface area is 144 Å². The van der Waals surface area contributed by atoms with E-state index in [9.17, 15) is 14.7 Å². The molecule has 2 N–H and O–H groups in total. The van der Waals surface area contributed by atoms with Crippen LogP contribution in [0.2, 0.25) is 0 Å². The van der Waals surface area contributed by atoms with Crippen molar-refractivity contribution >= 4 is 12.0 Å². The van der Waals surface area contributed by atoms with Gasteiger partial charge in [-0.2, -0.15) is 0 Å². The van der Waals surface area contributed by atoms with Crippen molar-refractivity contribution in [2.24, 2.45) is 0 Å². The van der Waals surface area contributed by atoms with Crippen molar-refractivity contribution in [3.8, 4) is 0 Å². The summed E-state index contributed by atoms with van der Waals surface area (Å²) in [4.78, 5) is 21.5. The summed E-state index contributed by atoms with van der Waals surface area (Å²) in [6.45, 7) is 3.41. The number of amides is 2. The number of hydrogen-bond acceptors (Lipinski definition) is 3. The summed E-state index contributed by atoms with van der Waals surface area (Å²) in [6, 6.07) is -0.165. The molecule has 0 spiro atoms. The number of unbranched alkanes of at least 4 members (excludes halogenated alkanes) is 6. The summed E-state index contributed by atoms with van der Waals surface area (Å²) < 4.78 is 0. The molecule has 0 saturated carbocycles. The minimum atomic E-state index is -1.03. The molecule has 0 aromatic carbocycles. The fourth-order valence-electron chi connectivity index (χ4n) is 1.77. The predicted octanol–water partition coefficient (Wildman–Crippen LogP) is -1.43. The zero-order valence-corrected chi connectivity index (χ0v) is 15.0. The van der Waals surface area contributed by atoms with Crippen LogP contribution in [0.25, 0.3) is 0 Å². The molecule has 0 atom stereocenters. The summed E-state index contributed by atoms with van der Waals surface area (Å²) in [6.07, 6.45) is 8.49. The third-order valence-corrected chi connectivity index (χ3v) is 2.91. The van der Waals surface area contributed by atoms with Gasteiger partial charge in [-0.15, -0.1) is 0 Å². The van der Waals surface area contributed by atoms with E-state index < -0.39 is 5.97 Å². The van der Waals surface area contributed by atoms with Crippen LogP contribution >= 0.6 is 0 Å². The van der Waals surface area contributed by atoms with Gasteiger partial charge in [0.1, 0.15) is 0 Å². The molecule has 0 saturated heterocycles. The summed E-state index contributed by atoms with van der Waals surface area (Å²) in [5.74, 6) is -1.03. The maximum absolute atomic E-state index is 11.3. The van der Waals surface area contributed by atoms with Crippen LogP contribution in [0.4, 0.5) is 4.79 Å². The average molecular weight is 294 g/mol. The quantitative estimate of drug-likeness (QED) is 0.342. The van der Waals surface area contributed by atoms with Gasteiger partial charge in [0.15, 0.2) is 0 Å². The Balaban J connectivity index is 0. The van der Waals surface area contributed by atoms with Crippen molar-refractivity contribution in [1.82, 2.24) is 10.6 Å². The molecule has 0 heterocycles. The zero-order chi connectivity index (χ0) is 14.3. The third-order valence-electron chi connectivity index (χ3n) is 2.91. The molecule has 0 radical (unpaired) electrons. The van der Waals surface area contributed by atoms with Crippen molar-refractivity contribution in [3.63, 3.8) is 0 Å². The number of carboxylic acid groups (broad SMARTS) is 1. The second-order valence-electron chi connectivity index (χ2n) is 4.78. The molecule has 6 heteroatoms. The number of carbonyl (C=O) groups is 2. The molecule has 112 valence electrons. The van der Waals surface area contributed by atoms with Crippen molar-refractivity contribution in [2.45, 2.75) is 64.7 Å². The van der Waals surface area contributed by atoms with Gasteiger partial charge in [0.25, 0.3) is 0 Å². The Bertz CT molecular complexity index is 251. The predicted molar refractivity (Wildman–Crippen MR) is 73.6 cm³/mol. The maximum atomic E-state index is 11.3. The largest absolute Gasteiger partial charge is 1.00 e. The van der Waals surface area contributed by atoms with Crippen LogP contribution in [-0.2, 0) is 4.79 Å². The van der Waals surface area contributed by atoms with Crippen LogP contribution in [0.5, 0.6) is 0 Å². The third kappa shape index (κ3) is 17.7. The maximum Gasteiger partial charge on any atom is 1.00 e. The topological polar surface area (TPSA) is 81.3 Å². The van der Waals surface area contributed by atoms with Crippen LogP contribution in [-0.4, -0.2) is 25.1 Å². The summed E-state index contributed by atoms with van der Waals surface area (Å²) in [5, 5.41) is 15.7. The second kappa shape index (κ2) is 16.8. The van der Waals surface area contributed by atoms with Gasteiger partial charge in [-0.05, 0) is 25.7 Å². The Hall–Kier alpha value is -0.260. The number of carboxylic acids is 1. The summed E-state index contributed by atoms with van der Waals surface area (Å²) in [5.41, 5.74) is 0.